The fourth-order valence-corrected chi connectivity index (χ4v) is 2.37. The van der Waals surface area contributed by atoms with Crippen molar-refractivity contribution in [2.24, 2.45) is 0 Å². The molecule has 4 nitrogen and oxygen atoms in total. The molecule has 0 unspecified atom stereocenters. The van der Waals surface area contributed by atoms with Gasteiger partial charge in [0, 0.05) is 12.1 Å². The Kier molecular flexibility index (Phi) is 3.47. The van der Waals surface area contributed by atoms with Crippen LogP contribution in [-0.4, -0.2) is 20.6 Å². The third-order valence-corrected chi connectivity index (χ3v) is 3.14. The van der Waals surface area contributed by atoms with Crippen molar-refractivity contribution in [2.75, 3.05) is 0 Å². The van der Waals surface area contributed by atoms with Crippen LogP contribution in [0.1, 0.15) is 17.4 Å². The maximum atomic E-state index is 13.2. The number of carboxylic acid groups (broad SMARTS) is 1. The van der Waals surface area contributed by atoms with E-state index in [4.69, 9.17) is 0 Å². The van der Waals surface area contributed by atoms with Gasteiger partial charge in [0.1, 0.15) is 11.5 Å². The fraction of sp³-hybridized carbons (Fsp3) is 0.167. The Bertz CT molecular complexity index is 610. The van der Waals surface area contributed by atoms with Crippen molar-refractivity contribution in [1.82, 2.24) is 9.55 Å². The van der Waals surface area contributed by atoms with Crippen LogP contribution in [0.5, 0.6) is 0 Å². The number of carboxylic acids is 1. The molecule has 0 saturated carbocycles. The molecule has 1 aromatic carbocycles. The van der Waals surface area contributed by atoms with Gasteiger partial charge in [-0.2, -0.15) is 0 Å². The van der Waals surface area contributed by atoms with E-state index >= 15 is 0 Å². The van der Waals surface area contributed by atoms with Gasteiger partial charge < -0.3 is 9.67 Å². The van der Waals surface area contributed by atoms with E-state index < -0.39 is 11.8 Å². The van der Waals surface area contributed by atoms with Crippen LogP contribution in [-0.2, 0) is 6.54 Å². The number of imidazole rings is 1. The van der Waals surface area contributed by atoms with Crippen molar-refractivity contribution in [3.8, 4) is 11.3 Å². The number of rotatable bonds is 3. The molecule has 2 rings (SSSR count). The molecule has 0 atom stereocenters. The van der Waals surface area contributed by atoms with Crippen LogP contribution in [0.25, 0.3) is 11.3 Å². The molecule has 0 bridgehead atoms. The Labute approximate surface area is 111 Å². The van der Waals surface area contributed by atoms with Gasteiger partial charge in [-0.15, -0.1) is 0 Å². The van der Waals surface area contributed by atoms with Crippen LogP contribution in [0, 0.1) is 5.82 Å². The smallest absolute Gasteiger partial charge is 0.354 e. The van der Waals surface area contributed by atoms with Gasteiger partial charge in [0.15, 0.2) is 10.4 Å². The average Bonchev–Trinajstić information content (AvgIpc) is 2.66. The van der Waals surface area contributed by atoms with Crippen molar-refractivity contribution in [2.45, 2.75) is 13.5 Å². The van der Waals surface area contributed by atoms with E-state index in [0.717, 1.165) is 0 Å². The fourth-order valence-electron chi connectivity index (χ4n) is 1.77. The summed E-state index contributed by atoms with van der Waals surface area (Å²) in [5.41, 5.74) is 0.756. The molecule has 0 amide bonds. The molecule has 1 N–H and O–H groups in total. The topological polar surface area (TPSA) is 55.1 Å². The van der Waals surface area contributed by atoms with E-state index in [1.54, 1.807) is 6.07 Å². The van der Waals surface area contributed by atoms with Crippen molar-refractivity contribution in [1.29, 1.82) is 0 Å². The number of carbonyl (C=O) groups is 1. The lowest BCUT2D eigenvalue weighted by Crippen LogP contribution is -2.08. The van der Waals surface area contributed by atoms with E-state index in [2.05, 4.69) is 20.9 Å². The number of hydrogen-bond acceptors (Lipinski definition) is 2. The first-order valence-corrected chi connectivity index (χ1v) is 6.09. The lowest BCUT2D eigenvalue weighted by molar-refractivity contribution is 0.0686. The van der Waals surface area contributed by atoms with E-state index in [-0.39, 0.29) is 11.4 Å². The SMILES string of the molecule is CCn1c(Br)nc(-c2cccc(F)c2)c1C(=O)O. The van der Waals surface area contributed by atoms with Crippen LogP contribution in [0.4, 0.5) is 4.39 Å². The molecule has 94 valence electrons. The summed E-state index contributed by atoms with van der Waals surface area (Å²) in [4.78, 5) is 15.4. The van der Waals surface area contributed by atoms with Gasteiger partial charge >= 0.3 is 5.97 Å². The summed E-state index contributed by atoms with van der Waals surface area (Å²) in [5.74, 6) is -1.51. The first-order chi connectivity index (χ1) is 8.54. The lowest BCUT2D eigenvalue weighted by Gasteiger charge is -2.04. The van der Waals surface area contributed by atoms with Gasteiger partial charge in [0.25, 0.3) is 0 Å². The number of benzene rings is 1. The number of hydrogen-bond donors (Lipinski definition) is 1. The zero-order chi connectivity index (χ0) is 13.3. The normalized spacial score (nSPS) is 10.6. The van der Waals surface area contributed by atoms with Crippen LogP contribution < -0.4 is 0 Å². The van der Waals surface area contributed by atoms with E-state index in [9.17, 15) is 14.3 Å². The van der Waals surface area contributed by atoms with Crippen LogP contribution in [0.3, 0.4) is 0 Å². The molecule has 0 saturated heterocycles. The minimum Gasteiger partial charge on any atom is -0.477 e. The standard InChI is InChI=1S/C12H10BrFN2O2/c1-2-16-10(11(17)18)9(15-12(16)13)7-4-3-5-8(14)6-7/h3-6H,2H2,1H3,(H,17,18). The summed E-state index contributed by atoms with van der Waals surface area (Å²) in [6, 6.07) is 5.72. The second kappa shape index (κ2) is 4.89. The van der Waals surface area contributed by atoms with Crippen molar-refractivity contribution in [3.05, 3.63) is 40.5 Å². The van der Waals surface area contributed by atoms with Gasteiger partial charge in [0.05, 0.1) is 0 Å². The number of aromatic carboxylic acids is 1. The van der Waals surface area contributed by atoms with Crippen LogP contribution >= 0.6 is 15.9 Å². The van der Waals surface area contributed by atoms with Crippen molar-refractivity contribution < 1.29 is 14.3 Å². The highest BCUT2D eigenvalue weighted by Gasteiger charge is 2.21. The number of halogens is 2. The average molecular weight is 313 g/mol. The summed E-state index contributed by atoms with van der Waals surface area (Å²) in [6.07, 6.45) is 0. The van der Waals surface area contributed by atoms with Gasteiger partial charge in [-0.1, -0.05) is 12.1 Å². The van der Waals surface area contributed by atoms with Crippen molar-refractivity contribution in [3.63, 3.8) is 0 Å². The largest absolute Gasteiger partial charge is 0.477 e. The van der Waals surface area contributed by atoms with Gasteiger partial charge in [-0.25, -0.2) is 14.2 Å². The Hall–Kier alpha value is -1.69. The zero-order valence-electron chi connectivity index (χ0n) is 9.52. The molecule has 2 aromatic rings. The highest BCUT2D eigenvalue weighted by atomic mass is 79.9. The number of nitrogens with zero attached hydrogens (tertiary/aromatic N) is 2. The predicted octanol–water partition coefficient (Wildman–Crippen LogP) is 3.17. The molecule has 0 radical (unpaired) electrons. The van der Waals surface area contributed by atoms with Gasteiger partial charge in [-0.05, 0) is 35.0 Å². The maximum absolute atomic E-state index is 13.2. The second-order valence-electron chi connectivity index (χ2n) is 3.64. The molecule has 0 aliphatic rings. The van der Waals surface area contributed by atoms with Gasteiger partial charge in [0.2, 0.25) is 0 Å². The maximum Gasteiger partial charge on any atom is 0.354 e. The van der Waals surface area contributed by atoms with Crippen molar-refractivity contribution >= 4 is 21.9 Å². The summed E-state index contributed by atoms with van der Waals surface area (Å²) in [5, 5.41) is 9.25. The zero-order valence-corrected chi connectivity index (χ0v) is 11.1. The third-order valence-electron chi connectivity index (χ3n) is 2.54. The molecular weight excluding hydrogens is 303 g/mol. The Morgan fingerprint density at radius 1 is 1.56 bits per heavy atom. The van der Waals surface area contributed by atoms with Gasteiger partial charge in [-0.3, -0.25) is 0 Å². The summed E-state index contributed by atoms with van der Waals surface area (Å²) in [7, 11) is 0. The molecule has 1 aromatic heterocycles. The number of aromatic nitrogens is 2. The summed E-state index contributed by atoms with van der Waals surface area (Å²) in [6.45, 7) is 2.28. The first kappa shape index (κ1) is 12.8. The monoisotopic (exact) mass is 312 g/mol. The minimum atomic E-state index is -1.09. The van der Waals surface area contributed by atoms with Crippen LogP contribution in [0.15, 0.2) is 29.0 Å². The minimum absolute atomic E-state index is 0.0509. The Morgan fingerprint density at radius 2 is 2.28 bits per heavy atom. The molecule has 0 aliphatic heterocycles. The van der Waals surface area contributed by atoms with E-state index in [1.165, 1.54) is 22.8 Å². The predicted molar refractivity (Wildman–Crippen MR) is 68.0 cm³/mol. The Morgan fingerprint density at radius 3 is 2.83 bits per heavy atom. The summed E-state index contributed by atoms with van der Waals surface area (Å²) < 4.78 is 15.1. The highest BCUT2D eigenvalue weighted by molar-refractivity contribution is 9.10. The molecule has 18 heavy (non-hydrogen) atoms. The molecular formula is C12H10BrFN2O2. The van der Waals surface area contributed by atoms with E-state index in [0.29, 0.717) is 16.8 Å². The van der Waals surface area contributed by atoms with E-state index in [1.807, 2.05) is 6.92 Å². The molecule has 0 fully saturated rings. The first-order valence-electron chi connectivity index (χ1n) is 5.29. The molecule has 6 heteroatoms. The Balaban J connectivity index is 2.68. The lowest BCUT2D eigenvalue weighted by atomic mass is 10.1. The highest BCUT2D eigenvalue weighted by Crippen LogP contribution is 2.27. The quantitative estimate of drug-likeness (QED) is 0.947. The third kappa shape index (κ3) is 2.15. The molecule has 0 spiro atoms. The second-order valence-corrected chi connectivity index (χ2v) is 4.35. The van der Waals surface area contributed by atoms with Crippen LogP contribution in [0.2, 0.25) is 0 Å². The molecule has 0 aliphatic carbocycles. The summed E-state index contributed by atoms with van der Waals surface area (Å²) >= 11 is 3.21. The molecule has 1 heterocycles.